The van der Waals surface area contributed by atoms with Gasteiger partial charge in [-0.05, 0) is 36.8 Å². The Bertz CT molecular complexity index is 877. The summed E-state index contributed by atoms with van der Waals surface area (Å²) in [6, 6.07) is 11.7. The topological polar surface area (TPSA) is 58.3 Å². The van der Waals surface area contributed by atoms with Crippen LogP contribution in [0.15, 0.2) is 48.7 Å². The second kappa shape index (κ2) is 6.53. The van der Waals surface area contributed by atoms with E-state index in [2.05, 4.69) is 5.10 Å². The Morgan fingerprint density at radius 3 is 2.62 bits per heavy atom. The number of para-hydroxylation sites is 1. The van der Waals surface area contributed by atoms with Crippen LogP contribution in [0.3, 0.4) is 0 Å². The van der Waals surface area contributed by atoms with Gasteiger partial charge in [0.25, 0.3) is 0 Å². The predicted octanol–water partition coefficient (Wildman–Crippen LogP) is 4.50. The number of rotatable bonds is 4. The van der Waals surface area contributed by atoms with Gasteiger partial charge in [0.05, 0.1) is 22.6 Å². The van der Waals surface area contributed by atoms with Gasteiger partial charge in [0.2, 0.25) is 0 Å². The first kappa shape index (κ1) is 16.3. The molecule has 3 aromatic rings. The molecule has 1 atom stereocenters. The molecule has 0 amide bonds. The normalized spacial score (nSPS) is 12.3. The molecule has 0 bridgehead atoms. The highest BCUT2D eigenvalue weighted by molar-refractivity contribution is 6.32. The Labute approximate surface area is 143 Å². The number of hydrogen-bond acceptors (Lipinski definition) is 3. The summed E-state index contributed by atoms with van der Waals surface area (Å²) in [6.45, 7) is 1.42. The van der Waals surface area contributed by atoms with Crippen molar-refractivity contribution >= 4 is 11.6 Å². The second-order valence-electron chi connectivity index (χ2n) is 5.56. The molecule has 0 aliphatic heterocycles. The van der Waals surface area contributed by atoms with Crippen molar-refractivity contribution in [1.29, 1.82) is 0 Å². The minimum atomic E-state index is -1.11. The zero-order valence-electron chi connectivity index (χ0n) is 12.9. The number of hydrogen-bond donors (Lipinski definition) is 2. The highest BCUT2D eigenvalue weighted by Gasteiger charge is 2.17. The molecular weight excluding hydrogens is 331 g/mol. The number of aromatic hydroxyl groups is 2. The molecule has 6 heteroatoms. The SMILES string of the molecule is CC(F)Cc1cc(-c2ccnn2-c2ccccc2Cl)c(O)cc1O. The monoisotopic (exact) mass is 346 g/mol. The Balaban J connectivity index is 2.14. The third-order valence-electron chi connectivity index (χ3n) is 3.70. The Morgan fingerprint density at radius 2 is 1.92 bits per heavy atom. The molecule has 0 fully saturated rings. The van der Waals surface area contributed by atoms with Crippen molar-refractivity contribution in [1.82, 2.24) is 9.78 Å². The number of nitrogens with zero attached hydrogens (tertiary/aromatic N) is 2. The van der Waals surface area contributed by atoms with E-state index in [9.17, 15) is 14.6 Å². The minimum Gasteiger partial charge on any atom is -0.508 e. The maximum absolute atomic E-state index is 13.3. The molecule has 2 aromatic carbocycles. The standard InChI is InChI=1S/C18H16ClFN2O2/c1-11(20)8-12-9-13(18(24)10-17(12)23)15-6-7-21-22(15)16-5-3-2-4-14(16)19/h2-7,9-11,23-24H,8H2,1H3. The van der Waals surface area contributed by atoms with E-state index in [0.717, 1.165) is 0 Å². The van der Waals surface area contributed by atoms with Crippen LogP contribution in [0, 0.1) is 0 Å². The van der Waals surface area contributed by atoms with E-state index >= 15 is 0 Å². The van der Waals surface area contributed by atoms with Gasteiger partial charge in [-0.1, -0.05) is 23.7 Å². The molecule has 124 valence electrons. The molecule has 0 aliphatic carbocycles. The van der Waals surface area contributed by atoms with Crippen molar-refractivity contribution < 1.29 is 14.6 Å². The molecule has 0 radical (unpaired) electrons. The molecule has 0 saturated heterocycles. The summed E-state index contributed by atoms with van der Waals surface area (Å²) in [4.78, 5) is 0. The van der Waals surface area contributed by atoms with Crippen molar-refractivity contribution in [3.8, 4) is 28.4 Å². The first-order chi connectivity index (χ1) is 11.5. The van der Waals surface area contributed by atoms with E-state index in [1.807, 2.05) is 12.1 Å². The molecular formula is C18H16ClFN2O2. The molecule has 3 rings (SSSR count). The van der Waals surface area contributed by atoms with Crippen LogP contribution < -0.4 is 0 Å². The van der Waals surface area contributed by atoms with E-state index in [1.54, 1.807) is 35.1 Å². The fourth-order valence-corrected chi connectivity index (χ4v) is 2.83. The van der Waals surface area contributed by atoms with Crippen LogP contribution in [-0.4, -0.2) is 26.2 Å². The molecule has 1 heterocycles. The molecule has 0 spiro atoms. The number of phenolic OH excluding ortho intramolecular Hbond substituents is 2. The maximum atomic E-state index is 13.3. The van der Waals surface area contributed by atoms with Crippen LogP contribution >= 0.6 is 11.6 Å². The first-order valence-corrected chi connectivity index (χ1v) is 7.83. The van der Waals surface area contributed by atoms with E-state index < -0.39 is 6.17 Å². The minimum absolute atomic E-state index is 0.0549. The van der Waals surface area contributed by atoms with Crippen molar-refractivity contribution in [3.63, 3.8) is 0 Å². The maximum Gasteiger partial charge on any atom is 0.128 e. The average Bonchev–Trinajstić information content (AvgIpc) is 2.99. The Kier molecular flexibility index (Phi) is 4.44. The van der Waals surface area contributed by atoms with Gasteiger partial charge in [0.15, 0.2) is 0 Å². The lowest BCUT2D eigenvalue weighted by molar-refractivity contribution is 0.353. The summed E-state index contributed by atoms with van der Waals surface area (Å²) in [5.74, 6) is -0.249. The van der Waals surface area contributed by atoms with Crippen LogP contribution in [0.2, 0.25) is 5.02 Å². The smallest absolute Gasteiger partial charge is 0.128 e. The van der Waals surface area contributed by atoms with Crippen molar-refractivity contribution in [3.05, 3.63) is 59.2 Å². The highest BCUT2D eigenvalue weighted by atomic mass is 35.5. The van der Waals surface area contributed by atoms with Gasteiger partial charge in [0.1, 0.15) is 17.7 Å². The van der Waals surface area contributed by atoms with E-state index in [1.165, 1.54) is 13.0 Å². The summed E-state index contributed by atoms with van der Waals surface area (Å²) < 4.78 is 14.9. The Morgan fingerprint density at radius 1 is 1.17 bits per heavy atom. The number of alkyl halides is 1. The van der Waals surface area contributed by atoms with E-state index in [0.29, 0.717) is 27.5 Å². The van der Waals surface area contributed by atoms with Crippen molar-refractivity contribution in [2.45, 2.75) is 19.5 Å². The summed E-state index contributed by atoms with van der Waals surface area (Å²) >= 11 is 6.23. The molecule has 2 N–H and O–H groups in total. The molecule has 24 heavy (non-hydrogen) atoms. The zero-order valence-corrected chi connectivity index (χ0v) is 13.7. The third-order valence-corrected chi connectivity index (χ3v) is 4.02. The van der Waals surface area contributed by atoms with Crippen LogP contribution in [0.25, 0.3) is 16.9 Å². The zero-order chi connectivity index (χ0) is 17.3. The quantitative estimate of drug-likeness (QED) is 0.731. The number of halogens is 2. The summed E-state index contributed by atoms with van der Waals surface area (Å²) in [5, 5.41) is 24.9. The van der Waals surface area contributed by atoms with Crippen molar-refractivity contribution in [2.75, 3.05) is 0 Å². The van der Waals surface area contributed by atoms with Crippen LogP contribution in [0.1, 0.15) is 12.5 Å². The molecule has 0 aliphatic rings. The number of phenols is 2. The lowest BCUT2D eigenvalue weighted by Crippen LogP contribution is -2.02. The van der Waals surface area contributed by atoms with Crippen LogP contribution in [0.4, 0.5) is 4.39 Å². The summed E-state index contributed by atoms with van der Waals surface area (Å²) in [6.07, 6.45) is 0.531. The highest BCUT2D eigenvalue weighted by Crippen LogP contribution is 2.37. The fraction of sp³-hybridized carbons (Fsp3) is 0.167. The molecule has 0 saturated carbocycles. The van der Waals surface area contributed by atoms with Gasteiger partial charge in [-0.25, -0.2) is 9.07 Å². The van der Waals surface area contributed by atoms with Gasteiger partial charge in [-0.3, -0.25) is 0 Å². The van der Waals surface area contributed by atoms with Gasteiger partial charge < -0.3 is 10.2 Å². The van der Waals surface area contributed by atoms with Crippen LogP contribution in [-0.2, 0) is 6.42 Å². The average molecular weight is 347 g/mol. The summed E-state index contributed by atoms with van der Waals surface area (Å²) in [7, 11) is 0. The lowest BCUT2D eigenvalue weighted by atomic mass is 10.0. The third kappa shape index (κ3) is 3.08. The second-order valence-corrected chi connectivity index (χ2v) is 5.97. The van der Waals surface area contributed by atoms with Crippen LogP contribution in [0.5, 0.6) is 11.5 Å². The van der Waals surface area contributed by atoms with Crippen molar-refractivity contribution in [2.24, 2.45) is 0 Å². The molecule has 1 aromatic heterocycles. The van der Waals surface area contributed by atoms with E-state index in [-0.39, 0.29) is 17.9 Å². The Hall–Kier alpha value is -2.53. The first-order valence-electron chi connectivity index (χ1n) is 7.45. The fourth-order valence-electron chi connectivity index (χ4n) is 2.62. The van der Waals surface area contributed by atoms with Gasteiger partial charge >= 0.3 is 0 Å². The largest absolute Gasteiger partial charge is 0.508 e. The lowest BCUT2D eigenvalue weighted by Gasteiger charge is -2.13. The molecule has 4 nitrogen and oxygen atoms in total. The molecule has 1 unspecified atom stereocenters. The van der Waals surface area contributed by atoms with Gasteiger partial charge in [-0.15, -0.1) is 0 Å². The van der Waals surface area contributed by atoms with Gasteiger partial charge in [-0.2, -0.15) is 5.10 Å². The predicted molar refractivity (Wildman–Crippen MR) is 91.6 cm³/mol. The van der Waals surface area contributed by atoms with E-state index in [4.69, 9.17) is 11.6 Å². The number of aromatic nitrogens is 2. The van der Waals surface area contributed by atoms with Gasteiger partial charge in [0, 0.05) is 18.1 Å². The summed E-state index contributed by atoms with van der Waals surface area (Å²) in [5.41, 5.74) is 2.12. The number of benzene rings is 2.